The van der Waals surface area contributed by atoms with Crippen molar-refractivity contribution in [3.8, 4) is 5.75 Å². The van der Waals surface area contributed by atoms with Crippen LogP contribution in [0, 0.1) is 0 Å². The summed E-state index contributed by atoms with van der Waals surface area (Å²) in [7, 11) is 0. The van der Waals surface area contributed by atoms with Gasteiger partial charge in [0.15, 0.2) is 0 Å². The number of amides is 1. The van der Waals surface area contributed by atoms with Crippen LogP contribution in [-0.4, -0.2) is 30.5 Å². The molecule has 0 unspecified atom stereocenters. The number of likely N-dealkylation sites (tertiary alicyclic amines) is 1. The molecule has 1 spiro atoms. The van der Waals surface area contributed by atoms with Crippen LogP contribution in [0.1, 0.15) is 131 Å². The molecule has 2 aromatic carbocycles. The lowest BCUT2D eigenvalue weighted by atomic mass is 9.83. The first-order valence-corrected chi connectivity index (χ1v) is 16.0. The maximum atomic E-state index is 13.1. The van der Waals surface area contributed by atoms with Gasteiger partial charge in [0.2, 0.25) is 0 Å². The first kappa shape index (κ1) is 29.6. The molecule has 0 bridgehead atoms. The highest BCUT2D eigenvalue weighted by Gasteiger charge is 2.43. The second-order valence-corrected chi connectivity index (χ2v) is 11.7. The van der Waals surface area contributed by atoms with Crippen molar-refractivity contribution in [3.63, 3.8) is 0 Å². The van der Waals surface area contributed by atoms with Crippen molar-refractivity contribution >= 4 is 5.91 Å². The molecule has 1 fully saturated rings. The molecular formula is C35H51NO3. The Balaban J connectivity index is 1.03. The van der Waals surface area contributed by atoms with Crippen LogP contribution in [0.25, 0.3) is 0 Å². The van der Waals surface area contributed by atoms with E-state index in [4.69, 9.17) is 9.47 Å². The van der Waals surface area contributed by atoms with Crippen LogP contribution < -0.4 is 4.74 Å². The zero-order valence-corrected chi connectivity index (χ0v) is 24.4. The Labute approximate surface area is 237 Å². The zero-order chi connectivity index (χ0) is 27.2. The van der Waals surface area contributed by atoms with Crippen LogP contribution in [0.5, 0.6) is 5.75 Å². The molecule has 214 valence electrons. The summed E-state index contributed by atoms with van der Waals surface area (Å²) < 4.78 is 12.2. The molecule has 4 nitrogen and oxygen atoms in total. The first-order valence-electron chi connectivity index (χ1n) is 16.0. The van der Waals surface area contributed by atoms with Gasteiger partial charge in [0, 0.05) is 18.7 Å². The molecule has 2 aliphatic heterocycles. The smallest absolute Gasteiger partial charge is 0.253 e. The number of fused-ring (bicyclic) bond motifs is 2. The van der Waals surface area contributed by atoms with Crippen LogP contribution >= 0.6 is 0 Å². The van der Waals surface area contributed by atoms with Gasteiger partial charge in [0.1, 0.15) is 5.75 Å². The van der Waals surface area contributed by atoms with Gasteiger partial charge < -0.3 is 14.4 Å². The fraction of sp³-hybridized carbons (Fsp3) is 0.629. The van der Waals surface area contributed by atoms with E-state index >= 15 is 0 Å². The molecule has 0 aromatic heterocycles. The van der Waals surface area contributed by atoms with Crippen LogP contribution in [0.4, 0.5) is 0 Å². The van der Waals surface area contributed by atoms with E-state index in [9.17, 15) is 4.79 Å². The fourth-order valence-electron chi connectivity index (χ4n) is 6.23. The normalized spacial score (nSPS) is 16.0. The monoisotopic (exact) mass is 533 g/mol. The third-order valence-corrected chi connectivity index (χ3v) is 8.74. The Kier molecular flexibility index (Phi) is 12.2. The molecule has 39 heavy (non-hydrogen) atoms. The third-order valence-electron chi connectivity index (χ3n) is 8.74. The number of hydrogen-bond donors (Lipinski definition) is 0. The lowest BCUT2D eigenvalue weighted by Crippen LogP contribution is -2.45. The highest BCUT2D eigenvalue weighted by atomic mass is 16.5. The van der Waals surface area contributed by atoms with E-state index in [1.807, 2.05) is 29.2 Å². The zero-order valence-electron chi connectivity index (χ0n) is 24.4. The molecule has 2 aliphatic rings. The number of hydrogen-bond acceptors (Lipinski definition) is 3. The SMILES string of the molecule is CCCCCCCCCCCCCCCCOc1ccc(C(=O)N2CCC3(CC2)OCc2ccccc23)cc1. The van der Waals surface area contributed by atoms with Gasteiger partial charge in [-0.15, -0.1) is 0 Å². The van der Waals surface area contributed by atoms with Crippen LogP contribution in [0.15, 0.2) is 48.5 Å². The molecule has 4 rings (SSSR count). The Morgan fingerprint density at radius 1 is 0.769 bits per heavy atom. The Bertz CT molecular complexity index is 978. The minimum atomic E-state index is -0.210. The summed E-state index contributed by atoms with van der Waals surface area (Å²) in [5.74, 6) is 0.962. The predicted octanol–water partition coefficient (Wildman–Crippen LogP) is 9.21. The van der Waals surface area contributed by atoms with Gasteiger partial charge in [-0.05, 0) is 54.7 Å². The molecule has 1 saturated heterocycles. The van der Waals surface area contributed by atoms with Gasteiger partial charge in [0.05, 0.1) is 18.8 Å². The molecule has 2 aromatic rings. The fourth-order valence-corrected chi connectivity index (χ4v) is 6.23. The molecule has 4 heteroatoms. The Morgan fingerprint density at radius 3 is 1.95 bits per heavy atom. The average Bonchev–Trinajstić information content (AvgIpc) is 3.33. The standard InChI is InChI=1S/C35H51NO3/c1-2-3-4-5-6-7-8-9-10-11-12-13-14-17-28-38-32-22-20-30(21-23-32)34(37)36-26-24-35(25-27-36)33-19-16-15-18-31(33)29-39-35/h15-16,18-23H,2-14,17,24-29H2,1H3. The summed E-state index contributed by atoms with van der Waals surface area (Å²) in [6.07, 6.45) is 20.8. The highest BCUT2D eigenvalue weighted by Crippen LogP contribution is 2.44. The maximum absolute atomic E-state index is 13.1. The van der Waals surface area contributed by atoms with E-state index in [0.29, 0.717) is 6.61 Å². The molecule has 1 amide bonds. The van der Waals surface area contributed by atoms with Crippen molar-refractivity contribution < 1.29 is 14.3 Å². The number of carbonyl (C=O) groups is 1. The molecule has 2 heterocycles. The van der Waals surface area contributed by atoms with Gasteiger partial charge in [-0.1, -0.05) is 115 Å². The lowest BCUT2D eigenvalue weighted by molar-refractivity contribution is -0.0741. The van der Waals surface area contributed by atoms with Crippen LogP contribution in [-0.2, 0) is 16.9 Å². The van der Waals surface area contributed by atoms with Crippen molar-refractivity contribution in [1.82, 2.24) is 4.90 Å². The summed E-state index contributed by atoms with van der Waals surface area (Å²) in [5.41, 5.74) is 3.14. The number of unbranched alkanes of at least 4 members (excludes halogenated alkanes) is 13. The number of carbonyl (C=O) groups excluding carboxylic acids is 1. The second kappa shape index (κ2) is 16.1. The predicted molar refractivity (Wildman–Crippen MR) is 160 cm³/mol. The number of nitrogens with zero attached hydrogens (tertiary/aromatic N) is 1. The third kappa shape index (κ3) is 8.83. The van der Waals surface area contributed by atoms with E-state index in [1.54, 1.807) is 0 Å². The number of ether oxygens (including phenoxy) is 2. The average molecular weight is 534 g/mol. The van der Waals surface area contributed by atoms with Crippen LogP contribution in [0.3, 0.4) is 0 Å². The summed E-state index contributed by atoms with van der Waals surface area (Å²) >= 11 is 0. The quantitative estimate of drug-likeness (QED) is 0.190. The molecule has 0 atom stereocenters. The van der Waals surface area contributed by atoms with Crippen molar-refractivity contribution in [2.45, 2.75) is 122 Å². The Hall–Kier alpha value is -2.33. The second-order valence-electron chi connectivity index (χ2n) is 11.7. The van der Waals surface area contributed by atoms with Crippen LogP contribution in [0.2, 0.25) is 0 Å². The van der Waals surface area contributed by atoms with Gasteiger partial charge in [-0.3, -0.25) is 4.79 Å². The number of rotatable bonds is 17. The number of benzene rings is 2. The van der Waals surface area contributed by atoms with E-state index < -0.39 is 0 Å². The van der Waals surface area contributed by atoms with Crippen molar-refractivity contribution in [1.29, 1.82) is 0 Å². The first-order chi connectivity index (χ1) is 19.2. The summed E-state index contributed by atoms with van der Waals surface area (Å²) in [6, 6.07) is 16.2. The Morgan fingerprint density at radius 2 is 1.33 bits per heavy atom. The lowest BCUT2D eigenvalue weighted by Gasteiger charge is -2.39. The van der Waals surface area contributed by atoms with E-state index in [0.717, 1.165) is 50.3 Å². The van der Waals surface area contributed by atoms with Crippen molar-refractivity contribution in [2.24, 2.45) is 0 Å². The largest absolute Gasteiger partial charge is 0.494 e. The molecule has 0 aliphatic carbocycles. The highest BCUT2D eigenvalue weighted by molar-refractivity contribution is 5.94. The van der Waals surface area contributed by atoms with E-state index in [-0.39, 0.29) is 11.5 Å². The van der Waals surface area contributed by atoms with E-state index in [2.05, 4.69) is 31.2 Å². The van der Waals surface area contributed by atoms with Gasteiger partial charge >= 0.3 is 0 Å². The minimum Gasteiger partial charge on any atom is -0.494 e. The molecule has 0 saturated carbocycles. The van der Waals surface area contributed by atoms with Gasteiger partial charge in [-0.2, -0.15) is 0 Å². The maximum Gasteiger partial charge on any atom is 0.253 e. The summed E-state index contributed by atoms with van der Waals surface area (Å²) in [6.45, 7) is 5.17. The van der Waals surface area contributed by atoms with E-state index in [1.165, 1.54) is 94.6 Å². The van der Waals surface area contributed by atoms with Crippen molar-refractivity contribution in [2.75, 3.05) is 19.7 Å². The summed E-state index contributed by atoms with van der Waals surface area (Å²) in [5, 5.41) is 0. The number of piperidine rings is 1. The van der Waals surface area contributed by atoms with Gasteiger partial charge in [-0.25, -0.2) is 0 Å². The minimum absolute atomic E-state index is 0.106. The molecule has 0 N–H and O–H groups in total. The van der Waals surface area contributed by atoms with Gasteiger partial charge in [0.25, 0.3) is 5.91 Å². The topological polar surface area (TPSA) is 38.8 Å². The van der Waals surface area contributed by atoms with Crippen molar-refractivity contribution in [3.05, 3.63) is 65.2 Å². The summed E-state index contributed by atoms with van der Waals surface area (Å²) in [4.78, 5) is 15.1. The molecule has 0 radical (unpaired) electrons. The molecular weight excluding hydrogens is 482 g/mol.